The number of aryl methyl sites for hydroxylation is 2. The molecule has 122 valence electrons. The van der Waals surface area contributed by atoms with Crippen molar-refractivity contribution in [2.45, 2.75) is 13.8 Å². The van der Waals surface area contributed by atoms with Gasteiger partial charge < -0.3 is 4.42 Å². The number of carbonyl (C=O) groups is 2. The summed E-state index contributed by atoms with van der Waals surface area (Å²) in [6, 6.07) is 9.06. The molecule has 0 spiro atoms. The highest BCUT2D eigenvalue weighted by Crippen LogP contribution is 2.27. The lowest BCUT2D eigenvalue weighted by molar-refractivity contribution is -0.122. The summed E-state index contributed by atoms with van der Waals surface area (Å²) in [5, 5.41) is 2.62. The minimum atomic E-state index is -0.543. The zero-order chi connectivity index (χ0) is 17.4. The van der Waals surface area contributed by atoms with E-state index in [9.17, 15) is 9.59 Å². The minimum Gasteiger partial charge on any atom is -0.450 e. The van der Waals surface area contributed by atoms with Crippen LogP contribution in [0.15, 0.2) is 45.0 Å². The number of amides is 2. The number of halogens is 1. The number of furan rings is 1. The maximum Gasteiger partial charge on any atom is 0.270 e. The smallest absolute Gasteiger partial charge is 0.270 e. The van der Waals surface area contributed by atoms with E-state index in [0.29, 0.717) is 16.1 Å². The lowest BCUT2D eigenvalue weighted by Crippen LogP contribution is -2.54. The van der Waals surface area contributed by atoms with Crippen LogP contribution in [0.3, 0.4) is 0 Å². The standard InChI is InChI=1S/C17H13BrN2O3S/c1-9-3-4-10(2)13(7-9)20-16(22)12(15(21)19-17(20)24)8-11-5-6-14(18)23-11/h3-8H,1-2H3,(H,19,21,24)/b12-8+. The Hall–Kier alpha value is -2.25. The van der Waals surface area contributed by atoms with Crippen molar-refractivity contribution < 1.29 is 14.0 Å². The predicted molar refractivity (Wildman–Crippen MR) is 98.5 cm³/mol. The largest absolute Gasteiger partial charge is 0.450 e. The van der Waals surface area contributed by atoms with Gasteiger partial charge in [0.05, 0.1) is 5.69 Å². The zero-order valence-corrected chi connectivity index (χ0v) is 15.3. The third kappa shape index (κ3) is 3.05. The van der Waals surface area contributed by atoms with Crippen LogP contribution in [0, 0.1) is 13.8 Å². The Morgan fingerprint density at radius 1 is 1.21 bits per heavy atom. The fourth-order valence-corrected chi connectivity index (χ4v) is 2.98. The summed E-state index contributed by atoms with van der Waals surface area (Å²) >= 11 is 8.39. The maximum absolute atomic E-state index is 12.9. The van der Waals surface area contributed by atoms with Crippen LogP contribution in [0.5, 0.6) is 0 Å². The molecule has 5 nitrogen and oxygen atoms in total. The summed E-state index contributed by atoms with van der Waals surface area (Å²) in [6.07, 6.45) is 1.41. The fourth-order valence-electron chi connectivity index (χ4n) is 2.38. The second kappa shape index (κ2) is 6.33. The Balaban J connectivity index is 2.06. The fraction of sp³-hybridized carbons (Fsp3) is 0.118. The van der Waals surface area contributed by atoms with Crippen molar-refractivity contribution in [2.75, 3.05) is 4.90 Å². The van der Waals surface area contributed by atoms with Gasteiger partial charge in [-0.2, -0.15) is 0 Å². The number of hydrogen-bond donors (Lipinski definition) is 1. The second-order valence-corrected chi connectivity index (χ2v) is 6.56. The Morgan fingerprint density at radius 3 is 2.62 bits per heavy atom. The van der Waals surface area contributed by atoms with Gasteiger partial charge in [0, 0.05) is 0 Å². The van der Waals surface area contributed by atoms with Gasteiger partial charge in [0.2, 0.25) is 0 Å². The van der Waals surface area contributed by atoms with Gasteiger partial charge in [-0.3, -0.25) is 19.8 Å². The van der Waals surface area contributed by atoms with E-state index in [2.05, 4.69) is 21.2 Å². The molecule has 0 atom stereocenters. The van der Waals surface area contributed by atoms with E-state index < -0.39 is 11.8 Å². The average molecular weight is 405 g/mol. The lowest BCUT2D eigenvalue weighted by atomic mass is 10.1. The van der Waals surface area contributed by atoms with Gasteiger partial charge in [0.1, 0.15) is 11.3 Å². The molecular weight excluding hydrogens is 392 g/mol. The van der Waals surface area contributed by atoms with Gasteiger partial charge in [-0.15, -0.1) is 0 Å². The first-order valence-corrected chi connectivity index (χ1v) is 8.31. The van der Waals surface area contributed by atoms with Gasteiger partial charge in [-0.25, -0.2) is 0 Å². The number of benzene rings is 1. The van der Waals surface area contributed by atoms with Gasteiger partial charge in [-0.05, 0) is 77.4 Å². The number of hydrogen-bond acceptors (Lipinski definition) is 4. The highest BCUT2D eigenvalue weighted by Gasteiger charge is 2.35. The molecule has 0 aliphatic carbocycles. The number of thiocarbonyl (C=S) groups is 1. The molecule has 1 aliphatic heterocycles. The van der Waals surface area contributed by atoms with Crippen molar-refractivity contribution in [1.29, 1.82) is 0 Å². The zero-order valence-electron chi connectivity index (χ0n) is 12.9. The summed E-state index contributed by atoms with van der Waals surface area (Å²) in [4.78, 5) is 26.4. The van der Waals surface area contributed by atoms with Crippen molar-refractivity contribution in [3.63, 3.8) is 0 Å². The highest BCUT2D eigenvalue weighted by molar-refractivity contribution is 9.10. The van der Waals surface area contributed by atoms with Gasteiger partial charge in [0.15, 0.2) is 9.78 Å². The predicted octanol–water partition coefficient (Wildman–Crippen LogP) is 3.49. The molecule has 0 radical (unpaired) electrons. The van der Waals surface area contributed by atoms with E-state index in [1.807, 2.05) is 32.0 Å². The topological polar surface area (TPSA) is 62.6 Å². The van der Waals surface area contributed by atoms with E-state index in [1.54, 1.807) is 12.1 Å². The molecule has 1 fully saturated rings. The van der Waals surface area contributed by atoms with Crippen LogP contribution in [0.4, 0.5) is 5.69 Å². The molecule has 0 saturated carbocycles. The van der Waals surface area contributed by atoms with Crippen LogP contribution in [0.1, 0.15) is 16.9 Å². The van der Waals surface area contributed by atoms with E-state index >= 15 is 0 Å². The van der Waals surface area contributed by atoms with Crippen LogP contribution < -0.4 is 10.2 Å². The molecule has 0 bridgehead atoms. The monoisotopic (exact) mass is 404 g/mol. The first kappa shape index (κ1) is 16.6. The lowest BCUT2D eigenvalue weighted by Gasteiger charge is -2.30. The molecule has 24 heavy (non-hydrogen) atoms. The van der Waals surface area contributed by atoms with Crippen LogP contribution in [0.25, 0.3) is 6.08 Å². The molecule has 2 aromatic rings. The van der Waals surface area contributed by atoms with E-state index in [0.717, 1.165) is 11.1 Å². The molecule has 2 heterocycles. The SMILES string of the molecule is Cc1ccc(C)c(N2C(=O)/C(=C/c3ccc(Br)o3)C(=O)NC2=S)c1. The molecule has 2 amide bonds. The molecule has 3 rings (SSSR count). The molecule has 1 saturated heterocycles. The number of rotatable bonds is 2. The summed E-state index contributed by atoms with van der Waals surface area (Å²) < 4.78 is 5.86. The quantitative estimate of drug-likeness (QED) is 0.472. The molecular formula is C17H13BrN2O3S. The molecule has 0 unspecified atom stereocenters. The van der Waals surface area contributed by atoms with Crippen molar-refractivity contribution in [3.8, 4) is 0 Å². The minimum absolute atomic E-state index is 0.0358. The number of nitrogens with one attached hydrogen (secondary N) is 1. The summed E-state index contributed by atoms with van der Waals surface area (Å²) in [5.41, 5.74) is 2.49. The van der Waals surface area contributed by atoms with Crippen LogP contribution in [-0.2, 0) is 9.59 Å². The van der Waals surface area contributed by atoms with Crippen LogP contribution in [-0.4, -0.2) is 16.9 Å². The Labute approximate surface area is 152 Å². The molecule has 7 heteroatoms. The van der Waals surface area contributed by atoms with E-state index in [1.165, 1.54) is 11.0 Å². The van der Waals surface area contributed by atoms with E-state index in [-0.39, 0.29) is 10.7 Å². The first-order valence-electron chi connectivity index (χ1n) is 7.11. The van der Waals surface area contributed by atoms with Crippen molar-refractivity contribution >= 4 is 56.8 Å². The number of nitrogens with zero attached hydrogens (tertiary/aromatic N) is 1. The third-order valence-electron chi connectivity index (χ3n) is 3.59. The van der Waals surface area contributed by atoms with Crippen molar-refractivity contribution in [2.24, 2.45) is 0 Å². The Kier molecular flexibility index (Phi) is 4.38. The average Bonchev–Trinajstić information content (AvgIpc) is 2.92. The summed E-state index contributed by atoms with van der Waals surface area (Å²) in [5.74, 6) is -0.627. The van der Waals surface area contributed by atoms with E-state index in [4.69, 9.17) is 16.6 Å². The van der Waals surface area contributed by atoms with Crippen molar-refractivity contribution in [3.05, 3.63) is 57.5 Å². The Bertz CT molecular complexity index is 901. The van der Waals surface area contributed by atoms with Crippen LogP contribution in [0.2, 0.25) is 0 Å². The Morgan fingerprint density at radius 2 is 1.96 bits per heavy atom. The highest BCUT2D eigenvalue weighted by atomic mass is 79.9. The molecule has 1 N–H and O–H groups in total. The number of anilines is 1. The second-order valence-electron chi connectivity index (χ2n) is 5.39. The third-order valence-corrected chi connectivity index (χ3v) is 4.30. The number of carbonyl (C=O) groups excluding carboxylic acids is 2. The van der Waals surface area contributed by atoms with Crippen LogP contribution >= 0.6 is 28.1 Å². The van der Waals surface area contributed by atoms with Gasteiger partial charge >= 0.3 is 0 Å². The molecule has 1 aliphatic rings. The molecule has 1 aromatic carbocycles. The first-order chi connectivity index (χ1) is 11.4. The summed E-state index contributed by atoms with van der Waals surface area (Å²) in [6.45, 7) is 3.81. The molecule has 1 aromatic heterocycles. The van der Waals surface area contributed by atoms with Gasteiger partial charge in [-0.1, -0.05) is 12.1 Å². The normalized spacial score (nSPS) is 16.7. The summed E-state index contributed by atoms with van der Waals surface area (Å²) in [7, 11) is 0. The maximum atomic E-state index is 12.9. The van der Waals surface area contributed by atoms with Gasteiger partial charge in [0.25, 0.3) is 11.8 Å². The van der Waals surface area contributed by atoms with Crippen molar-refractivity contribution in [1.82, 2.24) is 5.32 Å².